The Bertz CT molecular complexity index is 489. The minimum Gasteiger partial charge on any atom is -0.367 e. The first-order chi connectivity index (χ1) is 9.98. The molecule has 1 aliphatic heterocycles. The summed E-state index contributed by atoms with van der Waals surface area (Å²) in [7, 11) is 0. The van der Waals surface area contributed by atoms with Crippen LogP contribution in [0.15, 0.2) is 6.20 Å². The average molecular weight is 312 g/mol. The van der Waals surface area contributed by atoms with Gasteiger partial charge in [-0.1, -0.05) is 0 Å². The summed E-state index contributed by atoms with van der Waals surface area (Å²) in [6.07, 6.45) is 1.93. The number of hydrogen-bond acceptors (Lipinski definition) is 6. The normalized spacial score (nSPS) is 23.2. The van der Waals surface area contributed by atoms with E-state index in [1.165, 1.54) is 4.88 Å². The van der Waals surface area contributed by atoms with E-state index in [0.29, 0.717) is 13.2 Å². The number of ether oxygens (including phenoxy) is 1. The van der Waals surface area contributed by atoms with Gasteiger partial charge in [-0.25, -0.2) is 4.98 Å². The van der Waals surface area contributed by atoms with E-state index in [-0.39, 0.29) is 0 Å². The maximum absolute atomic E-state index is 11.5. The van der Waals surface area contributed by atoms with Crippen molar-refractivity contribution in [2.45, 2.75) is 32.9 Å². The van der Waals surface area contributed by atoms with Crippen LogP contribution in [0.25, 0.3) is 0 Å². The second kappa shape index (κ2) is 6.72. The summed E-state index contributed by atoms with van der Waals surface area (Å²) < 4.78 is 5.54. The standard InChI is InChI=1S/C14H24N4O2S/c1-4-18(5-2)13-16-8-11(21-13)9-17-6-7-20-14(3,10-17)12(15)19/h8H,4-7,9-10H2,1-3H3,(H2,15,19)/t14-/m1/s1. The number of morpholine rings is 1. The number of nitrogens with two attached hydrogens (primary N) is 1. The summed E-state index contributed by atoms with van der Waals surface area (Å²) in [5.41, 5.74) is 4.55. The Labute approximate surface area is 129 Å². The molecule has 1 atom stereocenters. The Morgan fingerprint density at radius 1 is 1.57 bits per heavy atom. The predicted molar refractivity (Wildman–Crippen MR) is 84.5 cm³/mol. The van der Waals surface area contributed by atoms with Crippen molar-refractivity contribution < 1.29 is 9.53 Å². The van der Waals surface area contributed by atoms with E-state index in [1.807, 2.05) is 6.20 Å². The lowest BCUT2D eigenvalue weighted by molar-refractivity contribution is -0.153. The molecule has 0 radical (unpaired) electrons. The number of nitrogens with zero attached hydrogens (tertiary/aromatic N) is 3. The van der Waals surface area contributed by atoms with Crippen molar-refractivity contribution in [2.75, 3.05) is 37.7 Å². The van der Waals surface area contributed by atoms with Crippen molar-refractivity contribution in [1.29, 1.82) is 0 Å². The highest BCUT2D eigenvalue weighted by molar-refractivity contribution is 7.15. The molecule has 1 fully saturated rings. The molecule has 2 N–H and O–H groups in total. The molecule has 1 aliphatic rings. The van der Waals surface area contributed by atoms with Crippen LogP contribution in [0.3, 0.4) is 0 Å². The Morgan fingerprint density at radius 3 is 2.90 bits per heavy atom. The third kappa shape index (κ3) is 3.72. The minimum absolute atomic E-state index is 0.402. The van der Waals surface area contributed by atoms with Crippen LogP contribution < -0.4 is 10.6 Å². The Balaban J connectivity index is 2.00. The Morgan fingerprint density at radius 2 is 2.29 bits per heavy atom. The molecular weight excluding hydrogens is 288 g/mol. The van der Waals surface area contributed by atoms with Crippen molar-refractivity contribution in [3.63, 3.8) is 0 Å². The number of carbonyl (C=O) groups is 1. The molecule has 1 aromatic heterocycles. The van der Waals surface area contributed by atoms with Crippen molar-refractivity contribution in [2.24, 2.45) is 5.73 Å². The smallest absolute Gasteiger partial charge is 0.250 e. The number of hydrogen-bond donors (Lipinski definition) is 1. The lowest BCUT2D eigenvalue weighted by Crippen LogP contribution is -2.56. The van der Waals surface area contributed by atoms with Gasteiger partial charge in [-0.3, -0.25) is 9.69 Å². The number of aromatic nitrogens is 1. The maximum Gasteiger partial charge on any atom is 0.250 e. The highest BCUT2D eigenvalue weighted by Gasteiger charge is 2.37. The zero-order valence-corrected chi connectivity index (χ0v) is 13.8. The first-order valence-electron chi connectivity index (χ1n) is 7.34. The number of rotatable bonds is 6. The first kappa shape index (κ1) is 16.2. The second-order valence-electron chi connectivity index (χ2n) is 5.44. The molecule has 0 saturated carbocycles. The monoisotopic (exact) mass is 312 g/mol. The molecule has 2 rings (SSSR count). The van der Waals surface area contributed by atoms with Gasteiger partial charge in [-0.15, -0.1) is 11.3 Å². The summed E-state index contributed by atoms with van der Waals surface area (Å²) in [4.78, 5) is 21.6. The second-order valence-corrected chi connectivity index (χ2v) is 6.53. The number of carbonyl (C=O) groups excluding carboxylic acids is 1. The van der Waals surface area contributed by atoms with E-state index in [1.54, 1.807) is 18.3 Å². The van der Waals surface area contributed by atoms with Gasteiger partial charge >= 0.3 is 0 Å². The van der Waals surface area contributed by atoms with E-state index >= 15 is 0 Å². The molecule has 0 aliphatic carbocycles. The fraction of sp³-hybridized carbons (Fsp3) is 0.714. The van der Waals surface area contributed by atoms with Crippen LogP contribution in [0.2, 0.25) is 0 Å². The molecule has 0 bridgehead atoms. The lowest BCUT2D eigenvalue weighted by Gasteiger charge is -2.38. The topological polar surface area (TPSA) is 71.7 Å². The average Bonchev–Trinajstić information content (AvgIpc) is 2.88. The van der Waals surface area contributed by atoms with Crippen molar-refractivity contribution >= 4 is 22.4 Å². The van der Waals surface area contributed by atoms with Crippen LogP contribution in [0.1, 0.15) is 25.6 Å². The highest BCUT2D eigenvalue weighted by atomic mass is 32.1. The van der Waals surface area contributed by atoms with Crippen molar-refractivity contribution in [3.05, 3.63) is 11.1 Å². The summed E-state index contributed by atoms with van der Waals surface area (Å²) in [5, 5.41) is 1.06. The number of anilines is 1. The van der Waals surface area contributed by atoms with Gasteiger partial charge < -0.3 is 15.4 Å². The van der Waals surface area contributed by atoms with Gasteiger partial charge in [0.15, 0.2) is 10.7 Å². The number of primary amides is 1. The van der Waals surface area contributed by atoms with Crippen LogP contribution in [0.5, 0.6) is 0 Å². The van der Waals surface area contributed by atoms with Gasteiger partial charge in [0.1, 0.15) is 0 Å². The van der Waals surface area contributed by atoms with E-state index in [9.17, 15) is 4.79 Å². The highest BCUT2D eigenvalue weighted by Crippen LogP contribution is 2.25. The molecule has 1 aromatic rings. The molecular formula is C14H24N4O2S. The SMILES string of the molecule is CCN(CC)c1ncc(CN2CCO[C@@](C)(C(N)=O)C2)s1. The van der Waals surface area contributed by atoms with Crippen LogP contribution in [-0.2, 0) is 16.1 Å². The van der Waals surface area contributed by atoms with E-state index in [0.717, 1.165) is 31.3 Å². The molecule has 0 aromatic carbocycles. The minimum atomic E-state index is -0.884. The third-order valence-corrected chi connectivity index (χ3v) is 4.87. The van der Waals surface area contributed by atoms with Gasteiger partial charge in [-0.05, 0) is 20.8 Å². The Hall–Kier alpha value is -1.18. The van der Waals surface area contributed by atoms with Gasteiger partial charge in [0.25, 0.3) is 5.91 Å². The number of amides is 1. The zero-order valence-electron chi connectivity index (χ0n) is 13.0. The Kier molecular flexibility index (Phi) is 5.18. The largest absolute Gasteiger partial charge is 0.367 e. The zero-order chi connectivity index (χ0) is 15.5. The summed E-state index contributed by atoms with van der Waals surface area (Å²) in [6.45, 7) is 10.6. The molecule has 2 heterocycles. The summed E-state index contributed by atoms with van der Waals surface area (Å²) in [6, 6.07) is 0. The van der Waals surface area contributed by atoms with E-state index in [4.69, 9.17) is 10.5 Å². The van der Waals surface area contributed by atoms with Gasteiger partial charge in [0, 0.05) is 43.8 Å². The first-order valence-corrected chi connectivity index (χ1v) is 8.16. The summed E-state index contributed by atoms with van der Waals surface area (Å²) in [5.74, 6) is -0.402. The van der Waals surface area contributed by atoms with Crippen molar-refractivity contribution in [3.8, 4) is 0 Å². The van der Waals surface area contributed by atoms with Crippen LogP contribution >= 0.6 is 11.3 Å². The third-order valence-electron chi connectivity index (χ3n) is 3.83. The van der Waals surface area contributed by atoms with E-state index in [2.05, 4.69) is 28.6 Å². The molecule has 21 heavy (non-hydrogen) atoms. The maximum atomic E-state index is 11.5. The molecule has 6 nitrogen and oxygen atoms in total. The van der Waals surface area contributed by atoms with Crippen molar-refractivity contribution in [1.82, 2.24) is 9.88 Å². The fourth-order valence-electron chi connectivity index (χ4n) is 2.47. The van der Waals surface area contributed by atoms with Gasteiger partial charge in [0.05, 0.1) is 6.61 Å². The van der Waals surface area contributed by atoms with Crippen LogP contribution in [0.4, 0.5) is 5.13 Å². The fourth-order valence-corrected chi connectivity index (χ4v) is 3.55. The van der Waals surface area contributed by atoms with Gasteiger partial charge in [-0.2, -0.15) is 0 Å². The molecule has 1 saturated heterocycles. The quantitative estimate of drug-likeness (QED) is 0.850. The lowest BCUT2D eigenvalue weighted by atomic mass is 10.0. The number of thiazole rings is 1. The molecule has 1 amide bonds. The predicted octanol–water partition coefficient (Wildman–Crippen LogP) is 1.07. The molecule has 118 valence electrons. The molecule has 0 spiro atoms. The molecule has 7 heteroatoms. The van der Waals surface area contributed by atoms with Crippen LogP contribution in [0, 0.1) is 0 Å². The van der Waals surface area contributed by atoms with Crippen LogP contribution in [-0.4, -0.2) is 54.2 Å². The summed E-state index contributed by atoms with van der Waals surface area (Å²) >= 11 is 1.71. The molecule has 0 unspecified atom stereocenters. The van der Waals surface area contributed by atoms with E-state index < -0.39 is 11.5 Å². The van der Waals surface area contributed by atoms with Gasteiger partial charge in [0.2, 0.25) is 0 Å².